The molecule has 0 radical (unpaired) electrons. The minimum Gasteiger partial charge on any atom is -0.381 e. The Bertz CT molecular complexity index is 369. The lowest BCUT2D eigenvalue weighted by Gasteiger charge is -2.35. The first-order valence-electron chi connectivity index (χ1n) is 5.58. The molecule has 1 aliphatic heterocycles. The van der Waals surface area contributed by atoms with E-state index < -0.39 is 5.60 Å². The molecule has 0 N–H and O–H groups in total. The first-order chi connectivity index (χ1) is 8.16. The molecule has 0 amide bonds. The average Bonchev–Trinajstić information content (AvgIpc) is 2.29. The monoisotopic (exact) mass is 276 g/mol. The van der Waals surface area contributed by atoms with Gasteiger partial charge in [0.25, 0.3) is 0 Å². The second kappa shape index (κ2) is 5.48. The van der Waals surface area contributed by atoms with Crippen LogP contribution in [-0.2, 0) is 15.1 Å². The van der Waals surface area contributed by atoms with Crippen molar-refractivity contribution in [2.24, 2.45) is 0 Å². The predicted molar refractivity (Wildman–Crippen MR) is 65.4 cm³/mol. The van der Waals surface area contributed by atoms with E-state index in [4.69, 9.17) is 32.7 Å². The van der Waals surface area contributed by atoms with E-state index in [9.17, 15) is 0 Å². The number of rotatable bonds is 3. The molecule has 6 heteroatoms. The quantitative estimate of drug-likeness (QED) is 0.797. The molecular weight excluding hydrogens is 263 g/mol. The Balaban J connectivity index is 2.37. The minimum absolute atomic E-state index is 0.338. The van der Waals surface area contributed by atoms with Crippen LogP contribution in [-0.4, -0.2) is 29.8 Å². The smallest absolute Gasteiger partial charge is 0.163 e. The van der Waals surface area contributed by atoms with Gasteiger partial charge in [0.15, 0.2) is 5.82 Å². The van der Waals surface area contributed by atoms with Gasteiger partial charge >= 0.3 is 0 Å². The SMILES string of the molecule is CCOC1(c2nc(Cl)cc(Cl)n2)CCOCC1. The summed E-state index contributed by atoms with van der Waals surface area (Å²) < 4.78 is 11.2. The van der Waals surface area contributed by atoms with E-state index in [1.807, 2.05) is 6.92 Å². The summed E-state index contributed by atoms with van der Waals surface area (Å²) in [6.07, 6.45) is 1.44. The van der Waals surface area contributed by atoms with Crippen molar-refractivity contribution in [3.63, 3.8) is 0 Å². The third kappa shape index (κ3) is 2.88. The number of hydrogen-bond acceptors (Lipinski definition) is 4. The fourth-order valence-corrected chi connectivity index (χ4v) is 2.43. The molecule has 2 rings (SSSR count). The Hall–Kier alpha value is -0.420. The van der Waals surface area contributed by atoms with E-state index in [2.05, 4.69) is 9.97 Å². The zero-order valence-electron chi connectivity index (χ0n) is 9.58. The Morgan fingerprint density at radius 1 is 1.29 bits per heavy atom. The maximum Gasteiger partial charge on any atom is 0.163 e. The molecule has 0 unspecified atom stereocenters. The van der Waals surface area contributed by atoms with Crippen LogP contribution in [0.25, 0.3) is 0 Å². The molecule has 1 aromatic heterocycles. The maximum atomic E-state index is 5.91. The van der Waals surface area contributed by atoms with E-state index in [0.717, 1.165) is 12.8 Å². The number of halogens is 2. The van der Waals surface area contributed by atoms with Crippen molar-refractivity contribution < 1.29 is 9.47 Å². The third-order valence-electron chi connectivity index (χ3n) is 2.79. The van der Waals surface area contributed by atoms with Crippen LogP contribution in [0.4, 0.5) is 0 Å². The Morgan fingerprint density at radius 3 is 2.41 bits per heavy atom. The van der Waals surface area contributed by atoms with Gasteiger partial charge in [0.2, 0.25) is 0 Å². The molecule has 0 aliphatic carbocycles. The summed E-state index contributed by atoms with van der Waals surface area (Å²) >= 11 is 11.8. The Kier molecular flexibility index (Phi) is 4.20. The molecule has 0 saturated carbocycles. The summed E-state index contributed by atoms with van der Waals surface area (Å²) in [6, 6.07) is 1.52. The number of ether oxygens (including phenoxy) is 2. The summed E-state index contributed by atoms with van der Waals surface area (Å²) in [5.41, 5.74) is -0.512. The standard InChI is InChI=1S/C11H14Cl2N2O2/c1-2-17-11(3-5-16-6-4-11)10-14-8(12)7-9(13)15-10/h7H,2-6H2,1H3. The van der Waals surface area contributed by atoms with Gasteiger partial charge in [-0.3, -0.25) is 0 Å². The van der Waals surface area contributed by atoms with Crippen LogP contribution >= 0.6 is 23.2 Å². The lowest BCUT2D eigenvalue weighted by Crippen LogP contribution is -2.38. The molecule has 4 nitrogen and oxygen atoms in total. The number of nitrogens with zero attached hydrogens (tertiary/aromatic N) is 2. The van der Waals surface area contributed by atoms with E-state index in [1.54, 1.807) is 0 Å². The highest BCUT2D eigenvalue weighted by Crippen LogP contribution is 2.35. The predicted octanol–water partition coefficient (Wildman–Crippen LogP) is 2.83. The normalized spacial score (nSPS) is 19.2. The maximum absolute atomic E-state index is 5.91. The van der Waals surface area contributed by atoms with Crippen molar-refractivity contribution in [1.82, 2.24) is 9.97 Å². The van der Waals surface area contributed by atoms with Gasteiger partial charge in [-0.2, -0.15) is 0 Å². The van der Waals surface area contributed by atoms with Gasteiger partial charge in [-0.05, 0) is 6.92 Å². The van der Waals surface area contributed by atoms with E-state index in [1.165, 1.54) is 6.07 Å². The van der Waals surface area contributed by atoms with Gasteiger partial charge in [0.1, 0.15) is 15.9 Å². The highest BCUT2D eigenvalue weighted by Gasteiger charge is 2.38. The zero-order chi connectivity index (χ0) is 12.3. The van der Waals surface area contributed by atoms with E-state index >= 15 is 0 Å². The molecule has 1 aliphatic rings. The first kappa shape index (κ1) is 13.0. The molecule has 0 bridgehead atoms. The summed E-state index contributed by atoms with van der Waals surface area (Å²) in [6.45, 7) is 3.80. The Morgan fingerprint density at radius 2 is 1.88 bits per heavy atom. The van der Waals surface area contributed by atoms with Crippen molar-refractivity contribution in [3.05, 3.63) is 22.2 Å². The average molecular weight is 277 g/mol. The van der Waals surface area contributed by atoms with Gasteiger partial charge in [-0.25, -0.2) is 9.97 Å². The van der Waals surface area contributed by atoms with Crippen molar-refractivity contribution in [2.75, 3.05) is 19.8 Å². The number of hydrogen-bond donors (Lipinski definition) is 0. The molecule has 17 heavy (non-hydrogen) atoms. The minimum atomic E-state index is -0.512. The fraction of sp³-hybridized carbons (Fsp3) is 0.636. The Labute approximate surface area is 110 Å². The second-order valence-corrected chi connectivity index (χ2v) is 4.65. The van der Waals surface area contributed by atoms with Gasteiger partial charge in [-0.15, -0.1) is 0 Å². The topological polar surface area (TPSA) is 44.2 Å². The largest absolute Gasteiger partial charge is 0.381 e. The van der Waals surface area contributed by atoms with Crippen LogP contribution in [0.1, 0.15) is 25.6 Å². The molecular formula is C11H14Cl2N2O2. The van der Waals surface area contributed by atoms with Gasteiger partial charge in [-0.1, -0.05) is 23.2 Å². The molecule has 1 saturated heterocycles. The summed E-state index contributed by atoms with van der Waals surface area (Å²) in [5.74, 6) is 0.556. The molecule has 0 atom stereocenters. The molecule has 1 fully saturated rings. The van der Waals surface area contributed by atoms with Gasteiger partial charge in [0, 0.05) is 38.7 Å². The van der Waals surface area contributed by atoms with Crippen molar-refractivity contribution in [3.8, 4) is 0 Å². The van der Waals surface area contributed by atoms with Crippen LogP contribution < -0.4 is 0 Å². The fourth-order valence-electron chi connectivity index (χ4n) is 2.00. The third-order valence-corrected chi connectivity index (χ3v) is 3.18. The molecule has 2 heterocycles. The van der Waals surface area contributed by atoms with Gasteiger partial charge in [0.05, 0.1) is 0 Å². The summed E-state index contributed by atoms with van der Waals surface area (Å²) in [4.78, 5) is 8.48. The van der Waals surface area contributed by atoms with Gasteiger partial charge < -0.3 is 9.47 Å². The van der Waals surface area contributed by atoms with E-state index in [0.29, 0.717) is 36.0 Å². The molecule has 0 spiro atoms. The summed E-state index contributed by atoms with van der Waals surface area (Å²) in [5, 5.41) is 0.677. The van der Waals surface area contributed by atoms with Crippen molar-refractivity contribution >= 4 is 23.2 Å². The van der Waals surface area contributed by atoms with Crippen LogP contribution in [0.15, 0.2) is 6.07 Å². The van der Waals surface area contributed by atoms with Crippen LogP contribution in [0.5, 0.6) is 0 Å². The lowest BCUT2D eigenvalue weighted by atomic mass is 9.93. The van der Waals surface area contributed by atoms with Crippen LogP contribution in [0, 0.1) is 0 Å². The van der Waals surface area contributed by atoms with Crippen LogP contribution in [0.2, 0.25) is 10.3 Å². The second-order valence-electron chi connectivity index (χ2n) is 3.88. The molecule has 94 valence electrons. The highest BCUT2D eigenvalue weighted by atomic mass is 35.5. The zero-order valence-corrected chi connectivity index (χ0v) is 11.1. The van der Waals surface area contributed by atoms with Crippen LogP contribution in [0.3, 0.4) is 0 Å². The van der Waals surface area contributed by atoms with E-state index in [-0.39, 0.29) is 0 Å². The summed E-state index contributed by atoms with van der Waals surface area (Å²) in [7, 11) is 0. The molecule has 1 aromatic rings. The number of aromatic nitrogens is 2. The lowest BCUT2D eigenvalue weighted by molar-refractivity contribution is -0.117. The molecule has 0 aromatic carbocycles. The highest BCUT2D eigenvalue weighted by molar-refractivity contribution is 6.33. The first-order valence-corrected chi connectivity index (χ1v) is 6.34. The van der Waals surface area contributed by atoms with Crippen molar-refractivity contribution in [1.29, 1.82) is 0 Å². The van der Waals surface area contributed by atoms with Crippen molar-refractivity contribution in [2.45, 2.75) is 25.4 Å².